The van der Waals surface area contributed by atoms with Gasteiger partial charge in [-0.2, -0.15) is 17.7 Å². The monoisotopic (exact) mass is 481 g/mol. The van der Waals surface area contributed by atoms with Gasteiger partial charge in [-0.25, -0.2) is 13.2 Å². The van der Waals surface area contributed by atoms with Crippen LogP contribution in [0.2, 0.25) is 0 Å². The Kier molecular flexibility index (Phi) is 7.75. The van der Waals surface area contributed by atoms with Gasteiger partial charge in [-0.05, 0) is 24.3 Å². The van der Waals surface area contributed by atoms with Crippen LogP contribution in [0.3, 0.4) is 0 Å². The molecule has 0 atom stereocenters. The largest absolute Gasteiger partial charge is 0.741 e. The van der Waals surface area contributed by atoms with E-state index in [2.05, 4.69) is 4.57 Å². The molecule has 0 saturated heterocycles. The van der Waals surface area contributed by atoms with Crippen molar-refractivity contribution in [1.29, 1.82) is 0 Å². The number of hydrogen-bond acceptors (Lipinski definition) is 5. The number of rotatable bonds is 2. The van der Waals surface area contributed by atoms with Crippen molar-refractivity contribution in [2.75, 3.05) is 0 Å². The van der Waals surface area contributed by atoms with E-state index in [9.17, 15) is 18.0 Å². The van der Waals surface area contributed by atoms with Gasteiger partial charge in [0.25, 0.3) is 0 Å². The van der Waals surface area contributed by atoms with Gasteiger partial charge in [-0.1, -0.05) is 42.5 Å². The van der Waals surface area contributed by atoms with Crippen molar-refractivity contribution < 1.29 is 45.7 Å². The summed E-state index contributed by atoms with van der Waals surface area (Å²) >= 11 is 0. The van der Waals surface area contributed by atoms with Crippen LogP contribution in [0.1, 0.15) is 10.4 Å². The summed E-state index contributed by atoms with van der Waals surface area (Å²) < 4.78 is 66.6. The lowest BCUT2D eigenvalue weighted by Gasteiger charge is -2.10. The molecule has 0 unspecified atom stereocenters. The van der Waals surface area contributed by atoms with Crippen LogP contribution in [0, 0.1) is 0 Å². The number of halogens is 3. The van der Waals surface area contributed by atoms with E-state index < -0.39 is 15.6 Å². The molecule has 174 valence electrons. The summed E-state index contributed by atoms with van der Waals surface area (Å²) in [5.74, 6) is 0.207. The van der Waals surface area contributed by atoms with E-state index in [0.29, 0.717) is 11.3 Å². The summed E-state index contributed by atoms with van der Waals surface area (Å²) in [5, 5.41) is 1.78. The van der Waals surface area contributed by atoms with E-state index in [1.54, 1.807) is 12.1 Å². The predicted octanol–water partition coefficient (Wildman–Crippen LogP) is 3.26. The number of ether oxygens (including phenoxy) is 1. The molecular weight excluding hydrogens is 463 g/mol. The first kappa shape index (κ1) is 25.7. The lowest BCUT2D eigenvalue weighted by Crippen LogP contribution is -2.31. The third-order valence-corrected chi connectivity index (χ3v) is 5.08. The molecular formula is C22H18F3NO6S. The molecule has 0 aliphatic rings. The van der Waals surface area contributed by atoms with Crippen LogP contribution in [-0.4, -0.2) is 29.9 Å². The lowest BCUT2D eigenvalue weighted by atomic mass is 10.0. The normalized spacial score (nSPS) is 11.3. The molecule has 0 amide bonds. The minimum Gasteiger partial charge on any atom is -0.741 e. The number of alkyl halides is 3. The zero-order chi connectivity index (χ0) is 23.5. The second-order valence-corrected chi connectivity index (χ2v) is 7.94. The van der Waals surface area contributed by atoms with Gasteiger partial charge in [-0.15, -0.1) is 0 Å². The SMILES string of the molecule is C[n+]1c2ccccc2c(C(=O)Oc2ccccc2)c2ccccc21.O.O=S(=O)([O-])C(F)(F)F. The second kappa shape index (κ2) is 9.94. The van der Waals surface area contributed by atoms with E-state index >= 15 is 0 Å². The van der Waals surface area contributed by atoms with Crippen molar-refractivity contribution in [2.45, 2.75) is 5.51 Å². The molecule has 3 aromatic carbocycles. The van der Waals surface area contributed by atoms with E-state index in [4.69, 9.17) is 17.7 Å². The zero-order valence-corrected chi connectivity index (χ0v) is 17.9. The van der Waals surface area contributed by atoms with Crippen molar-refractivity contribution in [3.8, 4) is 5.75 Å². The van der Waals surface area contributed by atoms with Gasteiger partial charge in [0.2, 0.25) is 11.0 Å². The number of para-hydroxylation sites is 3. The highest BCUT2D eigenvalue weighted by molar-refractivity contribution is 7.86. The molecule has 0 fully saturated rings. The molecule has 0 aliphatic heterocycles. The lowest BCUT2D eigenvalue weighted by molar-refractivity contribution is -0.617. The van der Waals surface area contributed by atoms with E-state index in [0.717, 1.165) is 21.8 Å². The first-order valence-electron chi connectivity index (χ1n) is 9.09. The minimum atomic E-state index is -6.09. The Labute approximate surface area is 186 Å². The molecule has 11 heteroatoms. The van der Waals surface area contributed by atoms with Gasteiger partial charge in [0.1, 0.15) is 12.8 Å². The summed E-state index contributed by atoms with van der Waals surface area (Å²) in [4.78, 5) is 12.9. The number of aromatic nitrogens is 1. The maximum Gasteiger partial charge on any atom is 0.485 e. The first-order valence-corrected chi connectivity index (χ1v) is 10.5. The topological polar surface area (TPSA) is 119 Å². The molecule has 7 nitrogen and oxygen atoms in total. The molecule has 0 radical (unpaired) electrons. The van der Waals surface area contributed by atoms with Crippen LogP contribution in [0.5, 0.6) is 5.75 Å². The van der Waals surface area contributed by atoms with Crippen molar-refractivity contribution in [1.82, 2.24) is 0 Å². The summed E-state index contributed by atoms with van der Waals surface area (Å²) in [6, 6.07) is 24.9. The number of carbonyl (C=O) groups excluding carboxylic acids is 1. The molecule has 33 heavy (non-hydrogen) atoms. The number of nitrogens with zero attached hydrogens (tertiary/aromatic N) is 1. The Hall–Kier alpha value is -3.54. The van der Waals surface area contributed by atoms with E-state index in [1.165, 1.54) is 0 Å². The average molecular weight is 481 g/mol. The Balaban J connectivity index is 0.000000372. The molecule has 0 aliphatic carbocycles. The second-order valence-electron chi connectivity index (χ2n) is 6.57. The Morgan fingerprint density at radius 1 is 0.848 bits per heavy atom. The van der Waals surface area contributed by atoms with Crippen LogP contribution in [0.15, 0.2) is 78.9 Å². The van der Waals surface area contributed by atoms with Gasteiger partial charge in [0.15, 0.2) is 10.1 Å². The molecule has 0 bridgehead atoms. The molecule has 2 N–H and O–H groups in total. The predicted molar refractivity (Wildman–Crippen MR) is 113 cm³/mol. The number of carbonyl (C=O) groups is 1. The Morgan fingerprint density at radius 2 is 1.24 bits per heavy atom. The highest BCUT2D eigenvalue weighted by Crippen LogP contribution is 2.26. The average Bonchev–Trinajstić information content (AvgIpc) is 2.74. The minimum absolute atomic E-state index is 0. The molecule has 0 spiro atoms. The maximum absolute atomic E-state index is 12.9. The Morgan fingerprint density at radius 3 is 1.67 bits per heavy atom. The van der Waals surface area contributed by atoms with Crippen molar-refractivity contribution in [3.05, 3.63) is 84.4 Å². The number of esters is 1. The summed E-state index contributed by atoms with van der Waals surface area (Å²) in [6.45, 7) is 0. The van der Waals surface area contributed by atoms with Gasteiger partial charge < -0.3 is 14.8 Å². The summed E-state index contributed by atoms with van der Waals surface area (Å²) in [5.41, 5.74) is -3.05. The van der Waals surface area contributed by atoms with Crippen molar-refractivity contribution in [3.63, 3.8) is 0 Å². The maximum atomic E-state index is 12.9. The number of pyridine rings is 1. The third-order valence-electron chi connectivity index (χ3n) is 4.51. The van der Waals surface area contributed by atoms with Crippen molar-refractivity contribution >= 4 is 37.9 Å². The quantitative estimate of drug-likeness (QED) is 0.109. The molecule has 0 saturated carbocycles. The third kappa shape index (κ3) is 5.64. The standard InChI is InChI=1S/C21H16NO2.CHF3O3S.H2O/c1-22-18-13-7-5-11-16(18)20(17-12-6-8-14-19(17)22)21(23)24-15-9-3-2-4-10-15;2-1(3,4)8(5,6)7;/h2-14H,1H3;(H,5,6,7);1H2/q+1;;/p-1. The van der Waals surface area contributed by atoms with Crippen LogP contribution < -0.4 is 9.30 Å². The fourth-order valence-corrected chi connectivity index (χ4v) is 3.10. The van der Waals surface area contributed by atoms with Gasteiger partial charge in [0.05, 0.1) is 16.3 Å². The van der Waals surface area contributed by atoms with Crippen LogP contribution >= 0.6 is 0 Å². The van der Waals surface area contributed by atoms with Crippen LogP contribution in [0.25, 0.3) is 21.8 Å². The fourth-order valence-electron chi connectivity index (χ4n) is 3.10. The highest BCUT2D eigenvalue weighted by Gasteiger charge is 2.36. The first-order chi connectivity index (χ1) is 15.0. The molecule has 1 heterocycles. The number of aryl methyl sites for hydroxylation is 1. The van der Waals surface area contributed by atoms with Gasteiger partial charge >= 0.3 is 11.5 Å². The summed E-state index contributed by atoms with van der Waals surface area (Å²) in [7, 11) is -4.08. The molecule has 1 aromatic heterocycles. The van der Waals surface area contributed by atoms with E-state index in [1.807, 2.05) is 73.8 Å². The molecule has 4 aromatic rings. The summed E-state index contributed by atoms with van der Waals surface area (Å²) in [6.07, 6.45) is 0. The zero-order valence-electron chi connectivity index (χ0n) is 17.0. The van der Waals surface area contributed by atoms with Crippen LogP contribution in [-0.2, 0) is 17.2 Å². The van der Waals surface area contributed by atoms with E-state index in [-0.39, 0.29) is 11.4 Å². The van der Waals surface area contributed by atoms with Crippen LogP contribution in [0.4, 0.5) is 13.2 Å². The molecule has 4 rings (SSSR count). The highest BCUT2D eigenvalue weighted by atomic mass is 32.2. The fraction of sp³-hybridized carbons (Fsp3) is 0.0909. The number of hydrogen-bond donors (Lipinski definition) is 0. The number of fused-ring (bicyclic) bond motifs is 2. The smallest absolute Gasteiger partial charge is 0.485 e. The van der Waals surface area contributed by atoms with Crippen molar-refractivity contribution in [2.24, 2.45) is 7.05 Å². The Bertz CT molecular complexity index is 1330. The number of benzene rings is 3. The van der Waals surface area contributed by atoms with Gasteiger partial charge in [0, 0.05) is 12.1 Å². The van der Waals surface area contributed by atoms with Gasteiger partial charge in [-0.3, -0.25) is 0 Å².